The van der Waals surface area contributed by atoms with Crippen molar-refractivity contribution >= 4 is 9.84 Å². The van der Waals surface area contributed by atoms with Gasteiger partial charge >= 0.3 is 0 Å². The Hall–Kier alpha value is -0.490. The number of rotatable bonds is 1. The molecule has 1 rings (SSSR count). The number of terminal acetylenes is 1. The van der Waals surface area contributed by atoms with Crippen molar-refractivity contribution in [1.29, 1.82) is 0 Å². The van der Waals surface area contributed by atoms with Crippen LogP contribution < -0.4 is 0 Å². The van der Waals surface area contributed by atoms with Crippen molar-refractivity contribution < 1.29 is 8.42 Å². The number of hydrogen-bond acceptors (Lipinski definition) is 2. The molecule has 1 heterocycles. The van der Waals surface area contributed by atoms with Gasteiger partial charge in [0.15, 0.2) is 9.84 Å². The van der Waals surface area contributed by atoms with Crippen molar-refractivity contribution in [1.82, 2.24) is 0 Å². The highest BCUT2D eigenvalue weighted by Crippen LogP contribution is 2.20. The van der Waals surface area contributed by atoms with E-state index in [4.69, 9.17) is 6.42 Å². The summed E-state index contributed by atoms with van der Waals surface area (Å²) in [4.78, 5) is 0. The van der Waals surface area contributed by atoms with E-state index in [1.54, 1.807) is 0 Å². The summed E-state index contributed by atoms with van der Waals surface area (Å²) in [6.07, 6.45) is 6.42. The van der Waals surface area contributed by atoms with E-state index in [1.807, 2.05) is 0 Å². The third-order valence-corrected chi connectivity index (χ3v) is 3.57. The SMILES string of the molecule is C#CCC1CCS(=O)(=O)C1. The van der Waals surface area contributed by atoms with E-state index in [9.17, 15) is 8.42 Å². The Labute approximate surface area is 61.5 Å². The summed E-state index contributed by atoms with van der Waals surface area (Å²) in [6, 6.07) is 0. The first kappa shape index (κ1) is 7.62. The van der Waals surface area contributed by atoms with Gasteiger partial charge in [-0.1, -0.05) is 0 Å². The maximum Gasteiger partial charge on any atom is 0.150 e. The van der Waals surface area contributed by atoms with Crippen molar-refractivity contribution in [2.45, 2.75) is 12.8 Å². The summed E-state index contributed by atoms with van der Waals surface area (Å²) in [7, 11) is -2.71. The molecule has 3 heteroatoms. The lowest BCUT2D eigenvalue weighted by Gasteiger charge is -1.97. The fourth-order valence-electron chi connectivity index (χ4n) is 1.20. The van der Waals surface area contributed by atoms with Crippen LogP contribution in [0, 0.1) is 18.3 Å². The first-order chi connectivity index (χ1) is 4.64. The number of hydrogen-bond donors (Lipinski definition) is 0. The van der Waals surface area contributed by atoms with Crippen molar-refractivity contribution in [3.8, 4) is 12.3 Å². The van der Waals surface area contributed by atoms with Gasteiger partial charge in [0.25, 0.3) is 0 Å². The van der Waals surface area contributed by atoms with Crippen LogP contribution in [0.4, 0.5) is 0 Å². The molecule has 0 radical (unpaired) electrons. The first-order valence-electron chi connectivity index (χ1n) is 3.28. The van der Waals surface area contributed by atoms with Gasteiger partial charge in [0.2, 0.25) is 0 Å². The third-order valence-electron chi connectivity index (χ3n) is 1.73. The number of sulfone groups is 1. The zero-order valence-electron chi connectivity index (χ0n) is 5.71. The predicted octanol–water partition coefficient (Wildman–Crippen LogP) is 0.444. The van der Waals surface area contributed by atoms with E-state index in [-0.39, 0.29) is 5.92 Å². The van der Waals surface area contributed by atoms with E-state index in [1.165, 1.54) is 0 Å². The predicted molar refractivity (Wildman–Crippen MR) is 40.2 cm³/mol. The lowest BCUT2D eigenvalue weighted by atomic mass is 10.1. The highest BCUT2D eigenvalue weighted by atomic mass is 32.2. The van der Waals surface area contributed by atoms with Crippen molar-refractivity contribution in [3.63, 3.8) is 0 Å². The summed E-state index contributed by atoms with van der Waals surface area (Å²) >= 11 is 0. The summed E-state index contributed by atoms with van der Waals surface area (Å²) < 4.78 is 21.7. The van der Waals surface area contributed by atoms with Crippen LogP contribution in [-0.4, -0.2) is 19.9 Å². The molecule has 0 aromatic heterocycles. The van der Waals surface area contributed by atoms with Gasteiger partial charge in [0, 0.05) is 6.42 Å². The van der Waals surface area contributed by atoms with Gasteiger partial charge < -0.3 is 0 Å². The fourth-order valence-corrected chi connectivity index (χ4v) is 3.06. The van der Waals surface area contributed by atoms with E-state index in [0.29, 0.717) is 17.9 Å². The zero-order chi connectivity index (χ0) is 7.61. The summed E-state index contributed by atoms with van der Waals surface area (Å²) in [5, 5.41) is 0. The molecule has 10 heavy (non-hydrogen) atoms. The summed E-state index contributed by atoms with van der Waals surface area (Å²) in [6.45, 7) is 0. The maximum atomic E-state index is 10.8. The fraction of sp³-hybridized carbons (Fsp3) is 0.714. The lowest BCUT2D eigenvalue weighted by molar-refractivity contribution is 0.593. The molecule has 1 unspecified atom stereocenters. The average molecular weight is 158 g/mol. The molecule has 56 valence electrons. The molecule has 1 aliphatic heterocycles. The molecule has 0 amide bonds. The second-order valence-corrected chi connectivity index (χ2v) is 4.91. The molecule has 0 aromatic carbocycles. The highest BCUT2D eigenvalue weighted by Gasteiger charge is 2.26. The van der Waals surface area contributed by atoms with Crippen LogP contribution in [0.15, 0.2) is 0 Å². The van der Waals surface area contributed by atoms with Gasteiger partial charge in [-0.15, -0.1) is 12.3 Å². The summed E-state index contributed by atoms with van der Waals surface area (Å²) in [5.74, 6) is 3.35. The minimum atomic E-state index is -2.71. The summed E-state index contributed by atoms with van der Waals surface area (Å²) in [5.41, 5.74) is 0. The van der Waals surface area contributed by atoms with Gasteiger partial charge in [0.05, 0.1) is 11.5 Å². The minimum Gasteiger partial charge on any atom is -0.229 e. The molecule has 0 aliphatic carbocycles. The Balaban J connectivity index is 2.54. The molecule has 0 spiro atoms. The molecule has 1 atom stereocenters. The second kappa shape index (κ2) is 2.63. The third kappa shape index (κ3) is 1.74. The van der Waals surface area contributed by atoms with Crippen LogP contribution in [0.25, 0.3) is 0 Å². The molecule has 1 saturated heterocycles. The van der Waals surface area contributed by atoms with E-state index in [0.717, 1.165) is 6.42 Å². The van der Waals surface area contributed by atoms with E-state index < -0.39 is 9.84 Å². The van der Waals surface area contributed by atoms with Crippen molar-refractivity contribution in [3.05, 3.63) is 0 Å². The Morgan fingerprint density at radius 1 is 1.60 bits per heavy atom. The standard InChI is InChI=1S/C7H10O2S/c1-2-3-7-4-5-10(8,9)6-7/h1,7H,3-6H2. The van der Waals surface area contributed by atoms with Gasteiger partial charge in [-0.2, -0.15) is 0 Å². The highest BCUT2D eigenvalue weighted by molar-refractivity contribution is 7.91. The smallest absolute Gasteiger partial charge is 0.150 e. The molecule has 1 aliphatic rings. The van der Waals surface area contributed by atoms with E-state index >= 15 is 0 Å². The molecule has 2 nitrogen and oxygen atoms in total. The van der Waals surface area contributed by atoms with Crippen LogP contribution in [0.2, 0.25) is 0 Å². The molecule has 0 aromatic rings. The van der Waals surface area contributed by atoms with Gasteiger partial charge in [-0.25, -0.2) is 8.42 Å². The monoisotopic (exact) mass is 158 g/mol. The molecule has 0 saturated carbocycles. The van der Waals surface area contributed by atoms with Crippen molar-refractivity contribution in [2.24, 2.45) is 5.92 Å². The Morgan fingerprint density at radius 2 is 2.30 bits per heavy atom. The van der Waals surface area contributed by atoms with Crippen molar-refractivity contribution in [2.75, 3.05) is 11.5 Å². The topological polar surface area (TPSA) is 34.1 Å². The van der Waals surface area contributed by atoms with Crippen LogP contribution >= 0.6 is 0 Å². The molecule has 0 N–H and O–H groups in total. The van der Waals surface area contributed by atoms with Gasteiger partial charge in [-0.3, -0.25) is 0 Å². The van der Waals surface area contributed by atoms with Gasteiger partial charge in [0.1, 0.15) is 0 Å². The van der Waals surface area contributed by atoms with Crippen LogP contribution in [-0.2, 0) is 9.84 Å². The lowest BCUT2D eigenvalue weighted by Crippen LogP contribution is -2.03. The zero-order valence-corrected chi connectivity index (χ0v) is 6.52. The van der Waals surface area contributed by atoms with Crippen LogP contribution in [0.5, 0.6) is 0 Å². The second-order valence-electron chi connectivity index (χ2n) is 2.68. The largest absolute Gasteiger partial charge is 0.229 e. The minimum absolute atomic E-state index is 0.231. The quantitative estimate of drug-likeness (QED) is 0.519. The Kier molecular flexibility index (Phi) is 2.00. The maximum absolute atomic E-state index is 10.8. The molecule has 1 fully saturated rings. The van der Waals surface area contributed by atoms with Crippen LogP contribution in [0.1, 0.15) is 12.8 Å². The van der Waals surface area contributed by atoms with Crippen LogP contribution in [0.3, 0.4) is 0 Å². The molecular formula is C7H10O2S. The Morgan fingerprint density at radius 3 is 2.70 bits per heavy atom. The Bertz CT molecular complexity index is 245. The molecular weight excluding hydrogens is 148 g/mol. The first-order valence-corrected chi connectivity index (χ1v) is 5.10. The molecule has 0 bridgehead atoms. The van der Waals surface area contributed by atoms with E-state index in [2.05, 4.69) is 5.92 Å². The normalized spacial score (nSPS) is 29.7. The van der Waals surface area contributed by atoms with Gasteiger partial charge in [-0.05, 0) is 12.3 Å². The average Bonchev–Trinajstić information content (AvgIpc) is 2.12.